The van der Waals surface area contributed by atoms with Crippen molar-refractivity contribution in [3.05, 3.63) is 11.8 Å². The fraction of sp³-hybridized carbons (Fsp3) is 0.600. The number of rotatable bonds is 4. The lowest BCUT2D eigenvalue weighted by molar-refractivity contribution is -0.145. The van der Waals surface area contributed by atoms with Gasteiger partial charge in [0.05, 0.1) is 18.3 Å². The highest BCUT2D eigenvalue weighted by Crippen LogP contribution is 1.97. The molecule has 0 saturated heterocycles. The third-order valence-electron chi connectivity index (χ3n) is 1.20. The van der Waals surface area contributed by atoms with E-state index in [2.05, 4.69) is 0 Å². The van der Waals surface area contributed by atoms with Crippen LogP contribution in [-0.2, 0) is 19.1 Å². The smallest absolute Gasteiger partial charge is 0.354 e. The SMILES string of the molecule is CC(C)OC(=O)C=C(N)C(=O)OC(C)C. The van der Waals surface area contributed by atoms with Crippen LogP contribution in [0.5, 0.6) is 0 Å². The van der Waals surface area contributed by atoms with Crippen molar-refractivity contribution in [2.24, 2.45) is 5.73 Å². The second kappa shape index (κ2) is 6.06. The van der Waals surface area contributed by atoms with Gasteiger partial charge in [-0.2, -0.15) is 0 Å². The van der Waals surface area contributed by atoms with Gasteiger partial charge in [0.1, 0.15) is 5.70 Å². The van der Waals surface area contributed by atoms with Gasteiger partial charge in [0.15, 0.2) is 0 Å². The van der Waals surface area contributed by atoms with Gasteiger partial charge in [-0.3, -0.25) is 0 Å². The van der Waals surface area contributed by atoms with Crippen LogP contribution in [0.2, 0.25) is 0 Å². The Morgan fingerprint density at radius 3 is 1.93 bits per heavy atom. The Balaban J connectivity index is 4.29. The maximum absolute atomic E-state index is 11.2. The molecule has 0 unspecified atom stereocenters. The quantitative estimate of drug-likeness (QED) is 0.552. The molecule has 0 aliphatic heterocycles. The zero-order valence-corrected chi connectivity index (χ0v) is 9.44. The van der Waals surface area contributed by atoms with E-state index >= 15 is 0 Å². The Bertz CT molecular complexity index is 269. The monoisotopic (exact) mass is 215 g/mol. The maximum Gasteiger partial charge on any atom is 0.354 e. The Labute approximate surface area is 89.2 Å². The van der Waals surface area contributed by atoms with E-state index in [1.54, 1.807) is 27.7 Å². The summed E-state index contributed by atoms with van der Waals surface area (Å²) in [6, 6.07) is 0. The first-order chi connectivity index (χ1) is 6.82. The summed E-state index contributed by atoms with van der Waals surface area (Å²) in [4.78, 5) is 22.2. The Hall–Kier alpha value is -1.52. The Morgan fingerprint density at radius 2 is 1.53 bits per heavy atom. The second-order valence-electron chi connectivity index (χ2n) is 3.54. The van der Waals surface area contributed by atoms with E-state index in [0.717, 1.165) is 6.08 Å². The third-order valence-corrected chi connectivity index (χ3v) is 1.20. The average molecular weight is 215 g/mol. The topological polar surface area (TPSA) is 78.6 Å². The predicted molar refractivity (Wildman–Crippen MR) is 54.7 cm³/mol. The summed E-state index contributed by atoms with van der Waals surface area (Å²) in [7, 11) is 0. The van der Waals surface area contributed by atoms with Crippen LogP contribution in [-0.4, -0.2) is 24.1 Å². The van der Waals surface area contributed by atoms with Gasteiger partial charge in [-0.05, 0) is 27.7 Å². The fourth-order valence-corrected chi connectivity index (χ4v) is 0.734. The highest BCUT2D eigenvalue weighted by molar-refractivity contribution is 5.95. The van der Waals surface area contributed by atoms with Crippen molar-refractivity contribution in [2.75, 3.05) is 0 Å². The molecule has 0 bridgehead atoms. The summed E-state index contributed by atoms with van der Waals surface area (Å²) >= 11 is 0. The number of ether oxygens (including phenoxy) is 2. The summed E-state index contributed by atoms with van der Waals surface area (Å²) in [5.41, 5.74) is 5.07. The van der Waals surface area contributed by atoms with Gasteiger partial charge < -0.3 is 15.2 Å². The van der Waals surface area contributed by atoms with Gasteiger partial charge in [-0.15, -0.1) is 0 Å². The van der Waals surface area contributed by atoms with Gasteiger partial charge >= 0.3 is 11.9 Å². The van der Waals surface area contributed by atoms with Crippen LogP contribution in [0.3, 0.4) is 0 Å². The second-order valence-corrected chi connectivity index (χ2v) is 3.54. The van der Waals surface area contributed by atoms with E-state index < -0.39 is 11.9 Å². The minimum Gasteiger partial charge on any atom is -0.460 e. The van der Waals surface area contributed by atoms with Crippen LogP contribution < -0.4 is 5.73 Å². The van der Waals surface area contributed by atoms with E-state index in [1.165, 1.54) is 0 Å². The first-order valence-electron chi connectivity index (χ1n) is 4.71. The maximum atomic E-state index is 11.2. The Kier molecular flexibility index (Phi) is 5.44. The molecule has 5 nitrogen and oxygen atoms in total. The van der Waals surface area contributed by atoms with Gasteiger partial charge in [-0.1, -0.05) is 0 Å². The van der Waals surface area contributed by atoms with Crippen LogP contribution in [0.4, 0.5) is 0 Å². The third kappa shape index (κ3) is 6.54. The molecule has 0 amide bonds. The van der Waals surface area contributed by atoms with Crippen molar-refractivity contribution in [3.63, 3.8) is 0 Å². The lowest BCUT2D eigenvalue weighted by atomic mass is 10.4. The summed E-state index contributed by atoms with van der Waals surface area (Å²) in [6.45, 7) is 6.79. The summed E-state index contributed by atoms with van der Waals surface area (Å²) in [5.74, 6) is -1.37. The summed E-state index contributed by atoms with van der Waals surface area (Å²) in [5, 5.41) is 0. The highest BCUT2D eigenvalue weighted by atomic mass is 16.5. The molecule has 5 heteroatoms. The number of esters is 2. The van der Waals surface area contributed by atoms with E-state index in [-0.39, 0.29) is 17.9 Å². The molecule has 0 heterocycles. The van der Waals surface area contributed by atoms with Gasteiger partial charge in [-0.25, -0.2) is 9.59 Å². The van der Waals surface area contributed by atoms with Crippen LogP contribution in [0.25, 0.3) is 0 Å². The molecular formula is C10H17NO4. The molecule has 0 aromatic carbocycles. The molecule has 0 atom stereocenters. The van der Waals surface area contributed by atoms with Crippen molar-refractivity contribution < 1.29 is 19.1 Å². The van der Waals surface area contributed by atoms with Gasteiger partial charge in [0.2, 0.25) is 0 Å². The minimum absolute atomic E-state index is 0.248. The van der Waals surface area contributed by atoms with Gasteiger partial charge in [0.25, 0.3) is 0 Å². The fourth-order valence-electron chi connectivity index (χ4n) is 0.734. The number of hydrogen-bond donors (Lipinski definition) is 1. The minimum atomic E-state index is -0.717. The molecule has 86 valence electrons. The molecular weight excluding hydrogens is 198 g/mol. The summed E-state index contributed by atoms with van der Waals surface area (Å²) < 4.78 is 9.55. The molecule has 0 aliphatic carbocycles. The van der Waals surface area contributed by atoms with Crippen LogP contribution in [0, 0.1) is 0 Å². The lowest BCUT2D eigenvalue weighted by Crippen LogP contribution is -2.20. The highest BCUT2D eigenvalue weighted by Gasteiger charge is 2.11. The van der Waals surface area contributed by atoms with E-state index in [9.17, 15) is 9.59 Å². The molecule has 0 aromatic heterocycles. The zero-order chi connectivity index (χ0) is 12.0. The number of carbonyl (C=O) groups is 2. The van der Waals surface area contributed by atoms with Crippen molar-refractivity contribution in [1.82, 2.24) is 0 Å². The molecule has 15 heavy (non-hydrogen) atoms. The molecule has 2 N–H and O–H groups in total. The Morgan fingerprint density at radius 1 is 1.07 bits per heavy atom. The van der Waals surface area contributed by atoms with Crippen molar-refractivity contribution in [3.8, 4) is 0 Å². The lowest BCUT2D eigenvalue weighted by Gasteiger charge is -2.08. The zero-order valence-electron chi connectivity index (χ0n) is 9.44. The van der Waals surface area contributed by atoms with E-state index in [0.29, 0.717) is 0 Å². The van der Waals surface area contributed by atoms with Crippen LogP contribution >= 0.6 is 0 Å². The number of nitrogens with two attached hydrogens (primary N) is 1. The van der Waals surface area contributed by atoms with Crippen molar-refractivity contribution in [2.45, 2.75) is 39.9 Å². The predicted octanol–water partition coefficient (Wildman–Crippen LogP) is 0.732. The van der Waals surface area contributed by atoms with E-state index in [4.69, 9.17) is 15.2 Å². The first kappa shape index (κ1) is 13.5. The molecule has 0 fully saturated rings. The van der Waals surface area contributed by atoms with Crippen molar-refractivity contribution in [1.29, 1.82) is 0 Å². The van der Waals surface area contributed by atoms with Gasteiger partial charge in [0, 0.05) is 0 Å². The normalized spacial score (nSPS) is 11.7. The largest absolute Gasteiger partial charge is 0.460 e. The molecule has 0 spiro atoms. The molecule has 0 aromatic rings. The molecule has 0 rings (SSSR count). The van der Waals surface area contributed by atoms with E-state index in [1.807, 2.05) is 0 Å². The molecule has 0 aliphatic rings. The van der Waals surface area contributed by atoms with Crippen molar-refractivity contribution >= 4 is 11.9 Å². The number of hydrogen-bond acceptors (Lipinski definition) is 5. The van der Waals surface area contributed by atoms with Crippen LogP contribution in [0.15, 0.2) is 11.8 Å². The first-order valence-corrected chi connectivity index (χ1v) is 4.71. The van der Waals surface area contributed by atoms with Crippen LogP contribution in [0.1, 0.15) is 27.7 Å². The number of carbonyl (C=O) groups excluding carboxylic acids is 2. The summed E-state index contributed by atoms with van der Waals surface area (Å²) in [6.07, 6.45) is 0.401. The molecule has 0 radical (unpaired) electrons. The standard InChI is InChI=1S/C10H17NO4/c1-6(2)14-9(12)5-8(11)10(13)15-7(3)4/h5-7H,11H2,1-4H3. The average Bonchev–Trinajstić information content (AvgIpc) is 2.00. The molecule has 0 saturated carbocycles.